The molecule has 2 heterocycles. The van der Waals surface area contributed by atoms with E-state index in [2.05, 4.69) is 26.4 Å². The van der Waals surface area contributed by atoms with Gasteiger partial charge in [0.15, 0.2) is 6.61 Å². The van der Waals surface area contributed by atoms with Crippen LogP contribution in [0.2, 0.25) is 5.02 Å². The molecule has 2 amide bonds. The van der Waals surface area contributed by atoms with Gasteiger partial charge < -0.3 is 15.4 Å². The molecule has 10 heteroatoms. The largest absolute Gasteiger partial charge is 0.484 e. The summed E-state index contributed by atoms with van der Waals surface area (Å²) in [4.78, 5) is 27.6. The first-order valence-electron chi connectivity index (χ1n) is 11.4. The summed E-state index contributed by atoms with van der Waals surface area (Å²) in [5.74, 6) is -0.308. The minimum Gasteiger partial charge on any atom is -0.484 e. The predicted octanol–water partition coefficient (Wildman–Crippen LogP) is 1.50. The first-order valence-corrected chi connectivity index (χ1v) is 11.7. The molecule has 2 bridgehead atoms. The van der Waals surface area contributed by atoms with E-state index in [1.807, 2.05) is 0 Å². The zero-order valence-electron chi connectivity index (χ0n) is 17.8. The normalized spacial score (nSPS) is 33.3. The Morgan fingerprint density at radius 1 is 1.25 bits per heavy atom. The third kappa shape index (κ3) is 4.31. The van der Waals surface area contributed by atoms with E-state index in [1.165, 1.54) is 25.0 Å². The van der Waals surface area contributed by atoms with E-state index >= 15 is 0 Å². The maximum Gasteiger partial charge on any atom is 0.258 e. The van der Waals surface area contributed by atoms with Crippen molar-refractivity contribution < 1.29 is 18.7 Å². The summed E-state index contributed by atoms with van der Waals surface area (Å²) in [5.41, 5.74) is 6.28. The Hall–Kier alpha value is -1.94. The van der Waals surface area contributed by atoms with Crippen LogP contribution in [0.3, 0.4) is 0 Å². The van der Waals surface area contributed by atoms with Crippen molar-refractivity contribution >= 4 is 23.4 Å². The molecule has 5 fully saturated rings. The van der Waals surface area contributed by atoms with Crippen LogP contribution in [0.5, 0.6) is 5.75 Å². The van der Waals surface area contributed by atoms with Crippen molar-refractivity contribution in [2.75, 3.05) is 19.7 Å². The third-order valence-corrected chi connectivity index (χ3v) is 7.63. The molecule has 1 aromatic carbocycles. The van der Waals surface area contributed by atoms with E-state index in [1.54, 1.807) is 0 Å². The lowest BCUT2D eigenvalue weighted by molar-refractivity contribution is -0.126. The van der Waals surface area contributed by atoms with E-state index < -0.39 is 5.82 Å². The molecule has 3 saturated carbocycles. The lowest BCUT2D eigenvalue weighted by Gasteiger charge is -2.39. The molecule has 3 aliphatic carbocycles. The lowest BCUT2D eigenvalue weighted by Crippen LogP contribution is -2.53. The number of hydrogen-bond acceptors (Lipinski definition) is 6. The number of amides is 2. The van der Waals surface area contributed by atoms with Gasteiger partial charge in [-0.25, -0.2) is 15.2 Å². The minimum atomic E-state index is -0.589. The summed E-state index contributed by atoms with van der Waals surface area (Å²) in [6.07, 6.45) is 6.28. The average Bonchev–Trinajstić information content (AvgIpc) is 3.44. The molecule has 32 heavy (non-hydrogen) atoms. The SMILES string of the molecule is O=C(COc1ccc(Cl)c(F)c1)NC12CC(C1)[C@@H](C(=O)NCC1NNC3CCCCN31)C2. The van der Waals surface area contributed by atoms with Crippen molar-refractivity contribution in [3.63, 3.8) is 0 Å². The second-order valence-electron chi connectivity index (χ2n) is 9.47. The van der Waals surface area contributed by atoms with Crippen molar-refractivity contribution in [1.29, 1.82) is 0 Å². The quantitative estimate of drug-likeness (QED) is 0.487. The Bertz CT molecular complexity index is 896. The molecule has 0 spiro atoms. The number of carbonyl (C=O) groups is 2. The number of nitrogens with zero attached hydrogens (tertiary/aromatic N) is 1. The molecule has 174 valence electrons. The number of piperidine rings is 1. The number of nitrogens with one attached hydrogen (secondary N) is 4. The van der Waals surface area contributed by atoms with Crippen LogP contribution in [0.25, 0.3) is 0 Å². The van der Waals surface area contributed by atoms with E-state index in [9.17, 15) is 14.0 Å². The van der Waals surface area contributed by atoms with Crippen molar-refractivity contribution in [2.24, 2.45) is 11.8 Å². The van der Waals surface area contributed by atoms with Gasteiger partial charge in [0, 0.05) is 30.6 Å². The topological polar surface area (TPSA) is 94.7 Å². The van der Waals surface area contributed by atoms with E-state index in [4.69, 9.17) is 16.3 Å². The summed E-state index contributed by atoms with van der Waals surface area (Å²) >= 11 is 5.66. The van der Waals surface area contributed by atoms with Gasteiger partial charge in [0.2, 0.25) is 5.91 Å². The van der Waals surface area contributed by atoms with Crippen molar-refractivity contribution in [3.05, 3.63) is 29.0 Å². The number of hydrogen-bond donors (Lipinski definition) is 4. The smallest absolute Gasteiger partial charge is 0.258 e. The van der Waals surface area contributed by atoms with Crippen molar-refractivity contribution in [2.45, 2.75) is 56.4 Å². The van der Waals surface area contributed by atoms with Crippen LogP contribution in [-0.4, -0.2) is 54.3 Å². The fourth-order valence-corrected chi connectivity index (χ4v) is 5.86. The van der Waals surface area contributed by atoms with Gasteiger partial charge >= 0.3 is 0 Å². The number of carbonyl (C=O) groups excluding carboxylic acids is 2. The second kappa shape index (κ2) is 8.78. The van der Waals surface area contributed by atoms with Gasteiger partial charge in [-0.1, -0.05) is 11.6 Å². The highest BCUT2D eigenvalue weighted by atomic mass is 35.5. The van der Waals surface area contributed by atoms with Crippen molar-refractivity contribution in [3.8, 4) is 5.75 Å². The molecule has 0 aromatic heterocycles. The predicted molar refractivity (Wildman–Crippen MR) is 116 cm³/mol. The fourth-order valence-electron chi connectivity index (χ4n) is 5.74. The Labute approximate surface area is 191 Å². The highest BCUT2D eigenvalue weighted by molar-refractivity contribution is 6.30. The molecular weight excluding hydrogens is 437 g/mol. The molecule has 3 atom stereocenters. The molecule has 5 aliphatic rings. The molecule has 2 saturated heterocycles. The molecule has 8 nitrogen and oxygen atoms in total. The van der Waals surface area contributed by atoms with Crippen LogP contribution < -0.4 is 26.2 Å². The summed E-state index contributed by atoms with van der Waals surface area (Å²) in [5, 5.41) is 6.17. The second-order valence-corrected chi connectivity index (χ2v) is 9.88. The van der Waals surface area contributed by atoms with E-state index in [-0.39, 0.29) is 46.8 Å². The number of hydrazine groups is 1. The maximum atomic E-state index is 13.5. The Morgan fingerprint density at radius 2 is 2.09 bits per heavy atom. The molecule has 0 radical (unpaired) electrons. The van der Waals surface area contributed by atoms with Gasteiger partial charge in [-0.2, -0.15) is 0 Å². The lowest BCUT2D eigenvalue weighted by atomic mass is 9.76. The van der Waals surface area contributed by atoms with E-state index in [0.717, 1.165) is 31.9 Å². The van der Waals surface area contributed by atoms with Crippen molar-refractivity contribution in [1.82, 2.24) is 26.4 Å². The van der Waals surface area contributed by atoms with Gasteiger partial charge in [-0.15, -0.1) is 0 Å². The van der Waals surface area contributed by atoms with Gasteiger partial charge in [-0.05, 0) is 56.6 Å². The van der Waals surface area contributed by atoms with Gasteiger partial charge in [-0.3, -0.25) is 14.5 Å². The first-order chi connectivity index (χ1) is 15.4. The minimum absolute atomic E-state index is 0.00666. The summed E-state index contributed by atoms with van der Waals surface area (Å²) < 4.78 is 18.9. The molecule has 2 unspecified atom stereocenters. The van der Waals surface area contributed by atoms with Crippen LogP contribution in [0.1, 0.15) is 38.5 Å². The van der Waals surface area contributed by atoms with Crippen LogP contribution >= 0.6 is 11.6 Å². The van der Waals surface area contributed by atoms with Crippen LogP contribution in [0.15, 0.2) is 18.2 Å². The Morgan fingerprint density at radius 3 is 2.91 bits per heavy atom. The molecular formula is C22H29ClFN5O3. The Kier molecular flexibility index (Phi) is 6.00. The average molecular weight is 466 g/mol. The summed E-state index contributed by atoms with van der Waals surface area (Å²) in [7, 11) is 0. The maximum absolute atomic E-state index is 13.5. The first kappa shape index (κ1) is 21.9. The highest BCUT2D eigenvalue weighted by Crippen LogP contribution is 2.55. The number of fused-ring (bicyclic) bond motifs is 2. The molecule has 6 rings (SSSR count). The molecule has 2 aliphatic heterocycles. The van der Waals surface area contributed by atoms with Gasteiger partial charge in [0.1, 0.15) is 11.6 Å². The number of ether oxygens (including phenoxy) is 1. The van der Waals surface area contributed by atoms with E-state index in [0.29, 0.717) is 25.0 Å². The Balaban J connectivity index is 1.07. The zero-order valence-corrected chi connectivity index (χ0v) is 18.6. The molecule has 4 N–H and O–H groups in total. The van der Waals surface area contributed by atoms with Crippen LogP contribution in [0.4, 0.5) is 4.39 Å². The van der Waals surface area contributed by atoms with Gasteiger partial charge in [0.25, 0.3) is 5.91 Å². The summed E-state index contributed by atoms with van der Waals surface area (Å²) in [6, 6.07) is 4.07. The highest BCUT2D eigenvalue weighted by Gasteiger charge is 2.58. The number of benzene rings is 1. The number of halogens is 2. The van der Waals surface area contributed by atoms with Gasteiger partial charge in [0.05, 0.1) is 17.4 Å². The third-order valence-electron chi connectivity index (χ3n) is 7.32. The number of rotatable bonds is 7. The zero-order chi connectivity index (χ0) is 22.3. The molecule has 1 aromatic rings. The fraction of sp³-hybridized carbons (Fsp3) is 0.636. The van der Waals surface area contributed by atoms with Crippen LogP contribution in [0, 0.1) is 17.7 Å². The monoisotopic (exact) mass is 465 g/mol. The van der Waals surface area contributed by atoms with Crippen LogP contribution in [-0.2, 0) is 9.59 Å². The standard InChI is InChI=1S/C22H29ClFN5O3/c23-16-5-4-14(7-17(16)24)32-12-20(30)26-22-8-13(9-22)15(10-22)21(31)25-11-19-28-27-18-3-1-2-6-29(18)19/h4-5,7,13,15,18-19,27-28H,1-3,6,8-12H2,(H,25,31)(H,26,30)/t13?,15-,18?,19?,22?/m0/s1. The summed E-state index contributed by atoms with van der Waals surface area (Å²) in [6.45, 7) is 1.40.